The molecule has 33 heavy (non-hydrogen) atoms. The molecule has 0 atom stereocenters. The number of nitrogens with zero attached hydrogens (tertiary/aromatic N) is 5. The lowest BCUT2D eigenvalue weighted by Crippen LogP contribution is -2.54. The van der Waals surface area contributed by atoms with Crippen molar-refractivity contribution in [1.29, 1.82) is 0 Å². The summed E-state index contributed by atoms with van der Waals surface area (Å²) < 4.78 is 43.4. The lowest BCUT2D eigenvalue weighted by molar-refractivity contribution is -0.138. The number of aryl methyl sites for hydroxylation is 2. The maximum absolute atomic E-state index is 12.7. The molecule has 2 aliphatic heterocycles. The van der Waals surface area contributed by atoms with Gasteiger partial charge in [-0.3, -0.25) is 9.69 Å². The van der Waals surface area contributed by atoms with Gasteiger partial charge in [0.1, 0.15) is 11.6 Å². The molecular formula is C23H30F3N5O2. The summed E-state index contributed by atoms with van der Waals surface area (Å²) in [5.74, 6) is 1.54. The third-order valence-corrected chi connectivity index (χ3v) is 6.82. The first-order chi connectivity index (χ1) is 15.7. The normalized spacial score (nSPS) is 18.7. The number of halogens is 3. The second-order valence-corrected chi connectivity index (χ2v) is 8.84. The number of hydrogen-bond donors (Lipinski definition) is 0. The molecule has 0 N–H and O–H groups in total. The maximum Gasteiger partial charge on any atom is 0.417 e. The van der Waals surface area contributed by atoms with E-state index >= 15 is 0 Å². The fraction of sp³-hybridized carbons (Fsp3) is 0.609. The van der Waals surface area contributed by atoms with E-state index < -0.39 is 11.7 Å². The van der Waals surface area contributed by atoms with Crippen molar-refractivity contribution < 1.29 is 22.5 Å². The highest BCUT2D eigenvalue weighted by Crippen LogP contribution is 2.29. The molecular weight excluding hydrogens is 435 g/mol. The first-order valence-corrected chi connectivity index (χ1v) is 11.4. The highest BCUT2D eigenvalue weighted by Gasteiger charge is 2.32. The van der Waals surface area contributed by atoms with Crippen LogP contribution in [0.4, 0.5) is 19.0 Å². The summed E-state index contributed by atoms with van der Waals surface area (Å²) in [5.41, 5.74) is 1.15. The van der Waals surface area contributed by atoms with Crippen molar-refractivity contribution in [3.8, 4) is 0 Å². The zero-order valence-corrected chi connectivity index (χ0v) is 19.1. The summed E-state index contributed by atoms with van der Waals surface area (Å²) in [5, 5.41) is 3.95. The Morgan fingerprint density at radius 2 is 1.79 bits per heavy atom. The van der Waals surface area contributed by atoms with Crippen LogP contribution in [-0.2, 0) is 17.4 Å². The molecule has 0 aliphatic carbocycles. The van der Waals surface area contributed by atoms with Gasteiger partial charge in [-0.2, -0.15) is 13.2 Å². The largest absolute Gasteiger partial charge is 0.417 e. The molecule has 1 amide bonds. The van der Waals surface area contributed by atoms with Gasteiger partial charge in [-0.05, 0) is 45.2 Å². The third kappa shape index (κ3) is 5.48. The van der Waals surface area contributed by atoms with Crippen LogP contribution in [0.15, 0.2) is 22.9 Å². The van der Waals surface area contributed by atoms with Crippen LogP contribution in [0.5, 0.6) is 0 Å². The van der Waals surface area contributed by atoms with Gasteiger partial charge in [0.15, 0.2) is 0 Å². The van der Waals surface area contributed by atoms with Gasteiger partial charge in [-0.1, -0.05) is 5.16 Å². The van der Waals surface area contributed by atoms with Gasteiger partial charge in [-0.15, -0.1) is 0 Å². The third-order valence-electron chi connectivity index (χ3n) is 6.82. The fourth-order valence-electron chi connectivity index (χ4n) is 4.79. The minimum absolute atomic E-state index is 0.173. The maximum atomic E-state index is 12.7. The van der Waals surface area contributed by atoms with E-state index in [0.29, 0.717) is 24.7 Å². The highest BCUT2D eigenvalue weighted by atomic mass is 19.4. The monoisotopic (exact) mass is 465 g/mol. The van der Waals surface area contributed by atoms with E-state index in [2.05, 4.69) is 15.0 Å². The van der Waals surface area contributed by atoms with E-state index in [-0.39, 0.29) is 5.91 Å². The topological polar surface area (TPSA) is 65.7 Å². The zero-order chi connectivity index (χ0) is 23.6. The van der Waals surface area contributed by atoms with E-state index in [1.54, 1.807) is 0 Å². The Labute approximate surface area is 191 Å². The number of anilines is 1. The molecule has 180 valence electrons. The van der Waals surface area contributed by atoms with Gasteiger partial charge in [-0.25, -0.2) is 4.98 Å². The van der Waals surface area contributed by atoms with Gasteiger partial charge < -0.3 is 14.3 Å². The SMILES string of the molecule is Cc1noc(C)c1CCC(=O)N1CCC(N2CCN(c3ccc(C(F)(F)F)cn3)CC2)CC1. The molecule has 0 bridgehead atoms. The molecule has 0 unspecified atom stereocenters. The number of aromatic nitrogens is 2. The van der Waals surface area contributed by atoms with Crippen LogP contribution in [0.2, 0.25) is 0 Å². The Bertz CT molecular complexity index is 924. The number of pyridine rings is 1. The number of rotatable bonds is 5. The summed E-state index contributed by atoms with van der Waals surface area (Å²) in [6.07, 6.45) is -0.466. The predicted molar refractivity (Wildman–Crippen MR) is 117 cm³/mol. The van der Waals surface area contributed by atoms with Crippen molar-refractivity contribution in [2.45, 2.75) is 51.7 Å². The number of alkyl halides is 3. The standard InChI is InChI=1S/C23H30F3N5O2/c1-16-20(17(2)33-28-16)4-6-22(32)31-9-7-19(8-10-31)29-11-13-30(14-12-29)21-5-3-18(15-27-21)23(24,25)26/h3,5,15,19H,4,6-14H2,1-2H3. The number of hydrogen-bond acceptors (Lipinski definition) is 6. The van der Waals surface area contributed by atoms with Crippen LogP contribution in [0.3, 0.4) is 0 Å². The minimum atomic E-state index is -4.37. The second-order valence-electron chi connectivity index (χ2n) is 8.84. The van der Waals surface area contributed by atoms with Crippen molar-refractivity contribution in [3.63, 3.8) is 0 Å². The second kappa shape index (κ2) is 9.70. The molecule has 0 aromatic carbocycles. The van der Waals surface area contributed by atoms with Crippen molar-refractivity contribution in [3.05, 3.63) is 40.9 Å². The van der Waals surface area contributed by atoms with Crippen LogP contribution in [-0.4, -0.2) is 71.2 Å². The molecule has 2 aromatic heterocycles. The molecule has 0 saturated carbocycles. The van der Waals surface area contributed by atoms with Crippen molar-refractivity contribution in [1.82, 2.24) is 19.9 Å². The lowest BCUT2D eigenvalue weighted by Gasteiger charge is -2.43. The van der Waals surface area contributed by atoms with E-state index in [1.807, 2.05) is 23.6 Å². The predicted octanol–water partition coefficient (Wildman–Crippen LogP) is 3.45. The van der Waals surface area contributed by atoms with Crippen LogP contribution in [0.25, 0.3) is 0 Å². The zero-order valence-electron chi connectivity index (χ0n) is 19.1. The van der Waals surface area contributed by atoms with Crippen molar-refractivity contribution in [2.75, 3.05) is 44.2 Å². The van der Waals surface area contributed by atoms with Crippen molar-refractivity contribution in [2.24, 2.45) is 0 Å². The minimum Gasteiger partial charge on any atom is -0.361 e. The number of piperidine rings is 1. The van der Waals surface area contributed by atoms with Crippen LogP contribution < -0.4 is 4.90 Å². The summed E-state index contributed by atoms with van der Waals surface area (Å²) in [4.78, 5) is 23.1. The number of piperazine rings is 1. The van der Waals surface area contributed by atoms with E-state index in [0.717, 1.165) is 81.4 Å². The van der Waals surface area contributed by atoms with E-state index in [4.69, 9.17) is 4.52 Å². The molecule has 2 fully saturated rings. The first kappa shape index (κ1) is 23.5. The number of likely N-dealkylation sites (tertiary alicyclic amines) is 1. The van der Waals surface area contributed by atoms with E-state index in [1.165, 1.54) is 6.07 Å². The Hall–Kier alpha value is -2.62. The summed E-state index contributed by atoms with van der Waals surface area (Å²) in [7, 11) is 0. The summed E-state index contributed by atoms with van der Waals surface area (Å²) >= 11 is 0. The quantitative estimate of drug-likeness (QED) is 0.674. The number of amides is 1. The molecule has 4 rings (SSSR count). The summed E-state index contributed by atoms with van der Waals surface area (Å²) in [6.45, 7) is 8.43. The van der Waals surface area contributed by atoms with Crippen LogP contribution in [0.1, 0.15) is 41.8 Å². The van der Waals surface area contributed by atoms with Gasteiger partial charge in [0.25, 0.3) is 0 Å². The molecule has 4 heterocycles. The highest BCUT2D eigenvalue weighted by molar-refractivity contribution is 5.76. The Morgan fingerprint density at radius 1 is 1.09 bits per heavy atom. The van der Waals surface area contributed by atoms with Crippen LogP contribution in [0, 0.1) is 13.8 Å². The van der Waals surface area contributed by atoms with Crippen molar-refractivity contribution >= 4 is 11.7 Å². The fourth-order valence-corrected chi connectivity index (χ4v) is 4.79. The average Bonchev–Trinajstić information content (AvgIpc) is 3.14. The average molecular weight is 466 g/mol. The molecule has 0 spiro atoms. The first-order valence-electron chi connectivity index (χ1n) is 11.4. The Kier molecular flexibility index (Phi) is 6.92. The Balaban J connectivity index is 1.21. The van der Waals surface area contributed by atoms with Crippen LogP contribution >= 0.6 is 0 Å². The molecule has 2 aliphatic rings. The molecule has 10 heteroatoms. The number of carbonyl (C=O) groups excluding carboxylic acids is 1. The lowest BCUT2D eigenvalue weighted by atomic mass is 10.0. The number of carbonyl (C=O) groups is 1. The molecule has 2 saturated heterocycles. The molecule has 7 nitrogen and oxygen atoms in total. The van der Waals surface area contributed by atoms with Gasteiger partial charge in [0.2, 0.25) is 5.91 Å². The Morgan fingerprint density at radius 3 is 2.33 bits per heavy atom. The van der Waals surface area contributed by atoms with Gasteiger partial charge in [0, 0.05) is 63.5 Å². The smallest absolute Gasteiger partial charge is 0.361 e. The van der Waals surface area contributed by atoms with Gasteiger partial charge in [0.05, 0.1) is 11.3 Å². The summed E-state index contributed by atoms with van der Waals surface area (Å²) in [6, 6.07) is 2.97. The molecule has 0 radical (unpaired) electrons. The molecule has 2 aromatic rings. The van der Waals surface area contributed by atoms with Gasteiger partial charge >= 0.3 is 6.18 Å². The van der Waals surface area contributed by atoms with E-state index in [9.17, 15) is 18.0 Å².